The minimum Gasteiger partial charge on any atom is -0.338 e. The number of aromatic nitrogens is 3. The van der Waals surface area contributed by atoms with Gasteiger partial charge in [-0.3, -0.25) is 9.49 Å². The lowest BCUT2D eigenvalue weighted by atomic mass is 9.97. The number of alkyl halides is 1. The van der Waals surface area contributed by atoms with Crippen molar-refractivity contribution in [3.63, 3.8) is 0 Å². The fourth-order valence-corrected chi connectivity index (χ4v) is 2.27. The first kappa shape index (κ1) is 12.8. The number of halogens is 1. The van der Waals surface area contributed by atoms with Crippen LogP contribution in [0.2, 0.25) is 0 Å². The van der Waals surface area contributed by atoms with Crippen LogP contribution in [0.5, 0.6) is 0 Å². The van der Waals surface area contributed by atoms with Crippen molar-refractivity contribution in [2.24, 2.45) is 5.92 Å². The third kappa shape index (κ3) is 2.44. The highest BCUT2D eigenvalue weighted by Crippen LogP contribution is 2.31. The van der Waals surface area contributed by atoms with Gasteiger partial charge in [-0.25, -0.2) is 9.78 Å². The molecule has 1 aromatic rings. The number of aromatic amines is 1. The van der Waals surface area contributed by atoms with Crippen LogP contribution in [0.3, 0.4) is 0 Å². The van der Waals surface area contributed by atoms with Crippen LogP contribution in [0.4, 0.5) is 9.18 Å². The maximum Gasteiger partial charge on any atom is 0.317 e. The molecule has 2 N–H and O–H groups in total. The van der Waals surface area contributed by atoms with E-state index in [4.69, 9.17) is 0 Å². The molecule has 100 valence electrons. The fourth-order valence-electron chi connectivity index (χ4n) is 2.27. The molecule has 1 aliphatic rings. The van der Waals surface area contributed by atoms with E-state index in [1.165, 1.54) is 0 Å². The van der Waals surface area contributed by atoms with Gasteiger partial charge in [0.15, 0.2) is 5.82 Å². The summed E-state index contributed by atoms with van der Waals surface area (Å²) in [6.45, 7) is 4.65. The number of carbonyl (C=O) groups excluding carboxylic acids is 1. The maximum absolute atomic E-state index is 13.0. The van der Waals surface area contributed by atoms with Crippen LogP contribution in [0.25, 0.3) is 0 Å². The Bertz CT molecular complexity index is 421. The van der Waals surface area contributed by atoms with Crippen LogP contribution in [-0.4, -0.2) is 52.4 Å². The van der Waals surface area contributed by atoms with Gasteiger partial charge in [0, 0.05) is 31.5 Å². The molecule has 2 atom stereocenters. The highest BCUT2D eigenvalue weighted by atomic mass is 19.1. The smallest absolute Gasteiger partial charge is 0.317 e. The van der Waals surface area contributed by atoms with Gasteiger partial charge in [-0.1, -0.05) is 0 Å². The SMILES string of the molecule is CCNC(=O)N1C[C@@H](CF)[C@H](c2n[nH]c(C)n2)C1. The number of likely N-dealkylation sites (tertiary alicyclic amines) is 1. The van der Waals surface area contributed by atoms with Crippen LogP contribution in [-0.2, 0) is 0 Å². The Morgan fingerprint density at radius 2 is 2.39 bits per heavy atom. The molecule has 1 aromatic heterocycles. The predicted molar refractivity (Wildman–Crippen MR) is 64.0 cm³/mol. The van der Waals surface area contributed by atoms with E-state index in [-0.39, 0.29) is 17.9 Å². The molecule has 18 heavy (non-hydrogen) atoms. The van der Waals surface area contributed by atoms with E-state index in [0.717, 1.165) is 0 Å². The quantitative estimate of drug-likeness (QED) is 0.840. The Hall–Kier alpha value is -1.66. The van der Waals surface area contributed by atoms with E-state index in [1.807, 2.05) is 6.92 Å². The number of urea groups is 1. The van der Waals surface area contributed by atoms with Crippen molar-refractivity contribution < 1.29 is 9.18 Å². The Morgan fingerprint density at radius 1 is 1.61 bits per heavy atom. The van der Waals surface area contributed by atoms with Crippen molar-refractivity contribution in [1.82, 2.24) is 25.4 Å². The van der Waals surface area contributed by atoms with Gasteiger partial charge in [-0.05, 0) is 13.8 Å². The highest BCUT2D eigenvalue weighted by Gasteiger charge is 2.38. The van der Waals surface area contributed by atoms with Gasteiger partial charge < -0.3 is 10.2 Å². The van der Waals surface area contributed by atoms with E-state index >= 15 is 0 Å². The Kier molecular flexibility index (Phi) is 3.78. The molecule has 0 radical (unpaired) electrons. The lowest BCUT2D eigenvalue weighted by molar-refractivity contribution is 0.206. The van der Waals surface area contributed by atoms with Gasteiger partial charge in [-0.15, -0.1) is 0 Å². The summed E-state index contributed by atoms with van der Waals surface area (Å²) in [7, 11) is 0. The minimum atomic E-state index is -0.464. The van der Waals surface area contributed by atoms with Crippen LogP contribution >= 0.6 is 0 Å². The molecule has 0 bridgehead atoms. The first-order valence-electron chi connectivity index (χ1n) is 6.13. The van der Waals surface area contributed by atoms with Crippen LogP contribution < -0.4 is 5.32 Å². The third-order valence-electron chi connectivity index (χ3n) is 3.20. The predicted octanol–water partition coefficient (Wildman–Crippen LogP) is 0.828. The zero-order valence-electron chi connectivity index (χ0n) is 10.6. The van der Waals surface area contributed by atoms with Gasteiger partial charge in [0.1, 0.15) is 5.82 Å². The van der Waals surface area contributed by atoms with Crippen LogP contribution in [0.15, 0.2) is 0 Å². The van der Waals surface area contributed by atoms with E-state index in [1.54, 1.807) is 11.8 Å². The summed E-state index contributed by atoms with van der Waals surface area (Å²) in [6.07, 6.45) is 0. The van der Waals surface area contributed by atoms with Gasteiger partial charge in [0.2, 0.25) is 0 Å². The summed E-state index contributed by atoms with van der Waals surface area (Å²) in [5.41, 5.74) is 0. The van der Waals surface area contributed by atoms with Crippen molar-refractivity contribution in [1.29, 1.82) is 0 Å². The van der Waals surface area contributed by atoms with Crippen molar-refractivity contribution in [3.05, 3.63) is 11.6 Å². The van der Waals surface area contributed by atoms with Gasteiger partial charge >= 0.3 is 6.03 Å². The number of aryl methyl sites for hydroxylation is 1. The molecule has 1 fully saturated rings. The number of hydrogen-bond acceptors (Lipinski definition) is 3. The summed E-state index contributed by atoms with van der Waals surface area (Å²) in [5.74, 6) is 0.964. The lowest BCUT2D eigenvalue weighted by Crippen LogP contribution is -2.38. The zero-order chi connectivity index (χ0) is 13.1. The summed E-state index contributed by atoms with van der Waals surface area (Å²) in [5, 5.41) is 9.56. The molecule has 0 unspecified atom stereocenters. The van der Waals surface area contributed by atoms with E-state index < -0.39 is 6.67 Å². The Balaban J connectivity index is 2.09. The van der Waals surface area contributed by atoms with Crippen LogP contribution in [0, 0.1) is 12.8 Å². The number of rotatable bonds is 3. The van der Waals surface area contributed by atoms with Crippen molar-refractivity contribution >= 4 is 6.03 Å². The van der Waals surface area contributed by atoms with Crippen molar-refractivity contribution in [3.8, 4) is 0 Å². The molecule has 1 aliphatic heterocycles. The monoisotopic (exact) mass is 255 g/mol. The number of H-pyrrole nitrogens is 1. The fraction of sp³-hybridized carbons (Fsp3) is 0.727. The number of hydrogen-bond donors (Lipinski definition) is 2. The number of carbonyl (C=O) groups is 1. The molecule has 2 heterocycles. The summed E-state index contributed by atoms with van der Waals surface area (Å²) in [6, 6.07) is -0.147. The molecule has 0 saturated carbocycles. The second-order valence-electron chi connectivity index (χ2n) is 4.54. The summed E-state index contributed by atoms with van der Waals surface area (Å²) < 4.78 is 13.0. The zero-order valence-corrected chi connectivity index (χ0v) is 10.6. The van der Waals surface area contributed by atoms with E-state index in [0.29, 0.717) is 31.3 Å². The van der Waals surface area contributed by atoms with Crippen molar-refractivity contribution in [2.75, 3.05) is 26.3 Å². The molecule has 0 spiro atoms. The first-order valence-corrected chi connectivity index (χ1v) is 6.13. The molecule has 0 aromatic carbocycles. The molecule has 7 heteroatoms. The number of nitrogens with zero attached hydrogens (tertiary/aromatic N) is 3. The molecule has 6 nitrogen and oxygen atoms in total. The maximum atomic E-state index is 13.0. The number of nitrogens with one attached hydrogen (secondary N) is 2. The molecular formula is C11H18FN5O. The minimum absolute atomic E-state index is 0.123. The molecule has 2 rings (SSSR count). The largest absolute Gasteiger partial charge is 0.338 e. The number of amides is 2. The summed E-state index contributed by atoms with van der Waals surface area (Å²) >= 11 is 0. The molecular weight excluding hydrogens is 237 g/mol. The summed E-state index contributed by atoms with van der Waals surface area (Å²) in [4.78, 5) is 17.6. The second kappa shape index (κ2) is 5.32. The van der Waals surface area contributed by atoms with E-state index in [2.05, 4.69) is 20.5 Å². The topological polar surface area (TPSA) is 73.9 Å². The standard InChI is InChI=1S/C11H18FN5O/c1-3-13-11(18)17-5-8(4-12)9(6-17)10-14-7(2)15-16-10/h8-9H,3-6H2,1-2H3,(H,13,18)(H,14,15,16)/t8-,9-/m1/s1. The first-order chi connectivity index (χ1) is 8.65. The molecule has 1 saturated heterocycles. The average Bonchev–Trinajstić information content (AvgIpc) is 2.94. The second-order valence-corrected chi connectivity index (χ2v) is 4.54. The lowest BCUT2D eigenvalue weighted by Gasteiger charge is -2.15. The molecule has 0 aliphatic carbocycles. The Labute approximate surface area is 105 Å². The van der Waals surface area contributed by atoms with Crippen molar-refractivity contribution in [2.45, 2.75) is 19.8 Å². The Morgan fingerprint density at radius 3 is 2.94 bits per heavy atom. The highest BCUT2D eigenvalue weighted by molar-refractivity contribution is 5.74. The third-order valence-corrected chi connectivity index (χ3v) is 3.20. The van der Waals surface area contributed by atoms with E-state index in [9.17, 15) is 9.18 Å². The van der Waals surface area contributed by atoms with Gasteiger partial charge in [0.25, 0.3) is 0 Å². The molecule has 2 amide bonds. The average molecular weight is 255 g/mol. The van der Waals surface area contributed by atoms with Gasteiger partial charge in [0.05, 0.1) is 6.67 Å². The van der Waals surface area contributed by atoms with Gasteiger partial charge in [-0.2, -0.15) is 5.10 Å². The van der Waals surface area contributed by atoms with Crippen LogP contribution in [0.1, 0.15) is 24.5 Å². The normalized spacial score (nSPS) is 23.4.